The van der Waals surface area contributed by atoms with E-state index in [9.17, 15) is 8.78 Å². The summed E-state index contributed by atoms with van der Waals surface area (Å²) in [5, 5.41) is 0. The first-order valence-corrected chi connectivity index (χ1v) is 17.5. The number of hydrogen-bond donors (Lipinski definition) is 0. The number of aryl methyl sites for hydroxylation is 4. The van der Waals surface area contributed by atoms with Gasteiger partial charge >= 0.3 is 0 Å². The first-order chi connectivity index (χ1) is 24.3. The molecule has 50 heavy (non-hydrogen) atoms. The smallest absolute Gasteiger partial charge is 0.131 e. The molecular weight excluding hydrogens is 615 g/mol. The summed E-state index contributed by atoms with van der Waals surface area (Å²) in [6.45, 7) is 8.16. The van der Waals surface area contributed by atoms with Crippen molar-refractivity contribution in [2.75, 3.05) is 0 Å². The Labute approximate surface area is 297 Å². The minimum atomic E-state index is -0.182. The highest BCUT2D eigenvalue weighted by molar-refractivity contribution is 5.72. The molecule has 0 N–H and O–H groups in total. The molecule has 6 aromatic carbocycles. The quantitative estimate of drug-likeness (QED) is 0.128. The van der Waals surface area contributed by atoms with E-state index in [4.69, 9.17) is 0 Å². The van der Waals surface area contributed by atoms with Crippen LogP contribution in [0.25, 0.3) is 44.5 Å². The van der Waals surface area contributed by atoms with Gasteiger partial charge in [-0.2, -0.15) is 0 Å². The van der Waals surface area contributed by atoms with Gasteiger partial charge in [0.05, 0.1) is 0 Å². The predicted octanol–water partition coefficient (Wildman–Crippen LogP) is 14.0. The molecule has 0 aromatic heterocycles. The molecule has 0 unspecified atom stereocenters. The summed E-state index contributed by atoms with van der Waals surface area (Å²) < 4.78 is 29.2. The lowest BCUT2D eigenvalue weighted by Gasteiger charge is -2.08. The molecule has 0 atom stereocenters. The summed E-state index contributed by atoms with van der Waals surface area (Å²) in [6, 6.07) is 43.7. The lowest BCUT2D eigenvalue weighted by molar-refractivity contribution is 0.631. The van der Waals surface area contributed by atoms with Gasteiger partial charge in [0.15, 0.2) is 0 Å². The van der Waals surface area contributed by atoms with Crippen LogP contribution in [0, 0.1) is 25.5 Å². The Morgan fingerprint density at radius 1 is 0.400 bits per heavy atom. The monoisotopic (exact) mass is 660 g/mol. The van der Waals surface area contributed by atoms with E-state index in [0.29, 0.717) is 11.1 Å². The second kappa shape index (κ2) is 17.9. The van der Waals surface area contributed by atoms with Gasteiger partial charge in [-0.1, -0.05) is 157 Å². The van der Waals surface area contributed by atoms with Crippen LogP contribution in [0.3, 0.4) is 0 Å². The molecule has 0 aliphatic carbocycles. The Balaban J connectivity index is 0.000000194. The van der Waals surface area contributed by atoms with Crippen molar-refractivity contribution in [2.24, 2.45) is 0 Å². The van der Waals surface area contributed by atoms with Crippen molar-refractivity contribution in [3.05, 3.63) is 192 Å². The second-order valence-corrected chi connectivity index (χ2v) is 12.7. The molecule has 0 aliphatic heterocycles. The third kappa shape index (κ3) is 9.86. The molecule has 0 amide bonds. The van der Waals surface area contributed by atoms with E-state index in [1.165, 1.54) is 22.3 Å². The number of hydrogen-bond acceptors (Lipinski definition) is 0. The van der Waals surface area contributed by atoms with Crippen molar-refractivity contribution in [3.8, 4) is 44.5 Å². The van der Waals surface area contributed by atoms with Gasteiger partial charge in [-0.05, 0) is 110 Å². The third-order valence-corrected chi connectivity index (χ3v) is 8.91. The van der Waals surface area contributed by atoms with Gasteiger partial charge < -0.3 is 0 Å². The molecule has 6 aromatic rings. The van der Waals surface area contributed by atoms with Crippen molar-refractivity contribution in [1.29, 1.82) is 0 Å². The SMILES string of the molecule is C/C=C/CCc1ccc(-c2ccc(-c3ccc(C)cc3)c(F)c2)cc1.C/C=C/CCc1ccc(-c2ccc(-c3ccc(C)cc3)cc2F)cc1. The van der Waals surface area contributed by atoms with Crippen molar-refractivity contribution in [3.63, 3.8) is 0 Å². The fourth-order valence-electron chi connectivity index (χ4n) is 5.88. The highest BCUT2D eigenvalue weighted by atomic mass is 19.1. The molecule has 0 aliphatic rings. The zero-order chi connectivity index (χ0) is 35.3. The summed E-state index contributed by atoms with van der Waals surface area (Å²) >= 11 is 0. The highest BCUT2D eigenvalue weighted by Crippen LogP contribution is 2.30. The number of halogens is 2. The minimum absolute atomic E-state index is 0.181. The third-order valence-electron chi connectivity index (χ3n) is 8.91. The van der Waals surface area contributed by atoms with Crippen LogP contribution in [-0.4, -0.2) is 0 Å². The van der Waals surface area contributed by atoms with Gasteiger partial charge in [0.25, 0.3) is 0 Å². The van der Waals surface area contributed by atoms with E-state index >= 15 is 0 Å². The zero-order valence-corrected chi connectivity index (χ0v) is 29.6. The normalized spacial score (nSPS) is 11.2. The molecule has 2 heteroatoms. The Hall–Kier alpha value is -5.34. The molecule has 0 saturated carbocycles. The fourth-order valence-corrected chi connectivity index (χ4v) is 5.88. The zero-order valence-electron chi connectivity index (χ0n) is 29.6. The van der Waals surface area contributed by atoms with Crippen LogP contribution in [0.2, 0.25) is 0 Å². The van der Waals surface area contributed by atoms with Gasteiger partial charge in [0, 0.05) is 11.1 Å². The van der Waals surface area contributed by atoms with E-state index in [-0.39, 0.29) is 11.6 Å². The van der Waals surface area contributed by atoms with Crippen LogP contribution in [0.15, 0.2) is 158 Å². The lowest BCUT2D eigenvalue weighted by atomic mass is 9.98. The van der Waals surface area contributed by atoms with Crippen molar-refractivity contribution in [1.82, 2.24) is 0 Å². The Morgan fingerprint density at radius 3 is 1.08 bits per heavy atom. The predicted molar refractivity (Wildman–Crippen MR) is 210 cm³/mol. The van der Waals surface area contributed by atoms with Crippen molar-refractivity contribution < 1.29 is 8.78 Å². The van der Waals surface area contributed by atoms with Crippen LogP contribution >= 0.6 is 0 Å². The summed E-state index contributed by atoms with van der Waals surface area (Å²) in [5.74, 6) is -0.363. The lowest BCUT2D eigenvalue weighted by Crippen LogP contribution is -1.88. The first-order valence-electron chi connectivity index (χ1n) is 17.5. The van der Waals surface area contributed by atoms with Gasteiger partial charge in [0.1, 0.15) is 11.6 Å². The molecule has 0 heterocycles. The van der Waals surface area contributed by atoms with Gasteiger partial charge in [-0.25, -0.2) is 8.78 Å². The molecule has 0 radical (unpaired) electrons. The largest absolute Gasteiger partial charge is 0.206 e. The highest BCUT2D eigenvalue weighted by Gasteiger charge is 2.09. The van der Waals surface area contributed by atoms with E-state index in [0.717, 1.165) is 59.1 Å². The summed E-state index contributed by atoms with van der Waals surface area (Å²) in [6.07, 6.45) is 12.6. The van der Waals surface area contributed by atoms with Crippen LogP contribution in [0.4, 0.5) is 8.78 Å². The van der Waals surface area contributed by atoms with Crippen molar-refractivity contribution >= 4 is 0 Å². The number of benzene rings is 6. The maximum atomic E-state index is 14.6. The summed E-state index contributed by atoms with van der Waals surface area (Å²) in [5.41, 5.74) is 12.0. The van der Waals surface area contributed by atoms with E-state index in [1.807, 2.05) is 106 Å². The number of rotatable bonds is 10. The summed E-state index contributed by atoms with van der Waals surface area (Å²) in [4.78, 5) is 0. The maximum absolute atomic E-state index is 14.6. The summed E-state index contributed by atoms with van der Waals surface area (Å²) in [7, 11) is 0. The molecule has 252 valence electrons. The fraction of sp³-hybridized carbons (Fsp3) is 0.167. The molecule has 0 saturated heterocycles. The van der Waals surface area contributed by atoms with E-state index in [2.05, 4.69) is 67.6 Å². The molecule has 0 spiro atoms. The first kappa shape index (κ1) is 36.0. The Morgan fingerprint density at radius 2 is 0.720 bits per heavy atom. The van der Waals surface area contributed by atoms with Crippen LogP contribution in [-0.2, 0) is 12.8 Å². The topological polar surface area (TPSA) is 0 Å². The van der Waals surface area contributed by atoms with Crippen LogP contribution in [0.1, 0.15) is 48.9 Å². The molecular formula is C48H46F2. The Bertz CT molecular complexity index is 2010. The van der Waals surface area contributed by atoms with Gasteiger partial charge in [0.2, 0.25) is 0 Å². The molecule has 0 bridgehead atoms. The average Bonchev–Trinajstić information content (AvgIpc) is 3.13. The number of allylic oxidation sites excluding steroid dienone is 4. The standard InChI is InChI=1S/2C24H23F/c1-3-4-5-6-19-9-13-20(14-10-19)22-15-16-23(24(25)17-22)21-11-7-18(2)8-12-21;1-3-4-5-6-19-9-13-21(14-10-19)23-16-15-22(17-24(23)25)20-11-7-18(2)8-12-20/h2*3-4,7-17H,5-6H2,1-2H3/b2*4-3+. The second-order valence-electron chi connectivity index (χ2n) is 12.7. The van der Waals surface area contributed by atoms with E-state index < -0.39 is 0 Å². The van der Waals surface area contributed by atoms with Crippen LogP contribution in [0.5, 0.6) is 0 Å². The minimum Gasteiger partial charge on any atom is -0.206 e. The van der Waals surface area contributed by atoms with Gasteiger partial charge in [-0.15, -0.1) is 0 Å². The van der Waals surface area contributed by atoms with Crippen LogP contribution < -0.4 is 0 Å². The van der Waals surface area contributed by atoms with Crippen molar-refractivity contribution in [2.45, 2.75) is 53.4 Å². The molecule has 0 fully saturated rings. The molecule has 6 rings (SSSR count). The van der Waals surface area contributed by atoms with Gasteiger partial charge in [-0.3, -0.25) is 0 Å². The Kier molecular flexibility index (Phi) is 12.9. The average molecular weight is 661 g/mol. The molecule has 0 nitrogen and oxygen atoms in total. The maximum Gasteiger partial charge on any atom is 0.131 e. The van der Waals surface area contributed by atoms with E-state index in [1.54, 1.807) is 12.1 Å².